The summed E-state index contributed by atoms with van der Waals surface area (Å²) in [5.41, 5.74) is 3.22. The first kappa shape index (κ1) is 28.0. The number of pyridine rings is 1. The molecule has 0 bridgehead atoms. The lowest BCUT2D eigenvalue weighted by atomic mass is 9.84. The van der Waals surface area contributed by atoms with Gasteiger partial charge in [-0.15, -0.1) is 0 Å². The standard InChI is InChI=1S/C32H42N4O4/c1-20-18-27(40-5)25(29(37)34-20)19-33-30(38)28-22(3)36(26-11-7-6-10-24(26)28)21(2)23-12-16-35(17-13-23)31(39)32(4)14-8-9-15-32/h6-7,10-11,18,21,23H,8-9,12-17,19H2,1-5H3,(H,33,38)(H,34,37). The monoisotopic (exact) mass is 546 g/mol. The second kappa shape index (κ2) is 11.1. The molecule has 1 unspecified atom stereocenters. The number of methoxy groups -OCH3 is 1. The van der Waals surface area contributed by atoms with Gasteiger partial charge in [0.2, 0.25) is 5.91 Å². The van der Waals surface area contributed by atoms with E-state index < -0.39 is 0 Å². The molecule has 2 aromatic heterocycles. The third kappa shape index (κ3) is 5.04. The average molecular weight is 547 g/mol. The van der Waals surface area contributed by atoms with Crippen LogP contribution < -0.4 is 15.6 Å². The van der Waals surface area contributed by atoms with Crippen molar-refractivity contribution < 1.29 is 14.3 Å². The molecule has 1 saturated carbocycles. The smallest absolute Gasteiger partial charge is 0.256 e. The number of carbonyl (C=O) groups excluding carboxylic acids is 2. The summed E-state index contributed by atoms with van der Waals surface area (Å²) in [4.78, 5) is 44.3. The van der Waals surface area contributed by atoms with Crippen LogP contribution in [0.15, 0.2) is 35.1 Å². The molecule has 2 N–H and O–H groups in total. The summed E-state index contributed by atoms with van der Waals surface area (Å²) in [7, 11) is 1.52. The van der Waals surface area contributed by atoms with Crippen LogP contribution in [0, 0.1) is 25.2 Å². The number of carbonyl (C=O) groups is 2. The maximum Gasteiger partial charge on any atom is 0.256 e. The number of aryl methyl sites for hydroxylation is 1. The number of piperidine rings is 1. The molecule has 3 aromatic rings. The van der Waals surface area contributed by atoms with Crippen molar-refractivity contribution in [1.29, 1.82) is 0 Å². The minimum atomic E-state index is -0.267. The number of aromatic amines is 1. The second-order valence-corrected chi connectivity index (χ2v) is 12.0. The van der Waals surface area contributed by atoms with Gasteiger partial charge in [-0.1, -0.05) is 38.0 Å². The Morgan fingerprint density at radius 3 is 2.50 bits per heavy atom. The molecule has 5 rings (SSSR count). The van der Waals surface area contributed by atoms with E-state index in [0.29, 0.717) is 34.4 Å². The first-order valence-electron chi connectivity index (χ1n) is 14.6. The predicted molar refractivity (Wildman–Crippen MR) is 157 cm³/mol. The Morgan fingerprint density at radius 2 is 1.82 bits per heavy atom. The summed E-state index contributed by atoms with van der Waals surface area (Å²) >= 11 is 0. The molecule has 2 amide bonds. The van der Waals surface area contributed by atoms with Crippen LogP contribution in [0.25, 0.3) is 10.9 Å². The molecule has 40 heavy (non-hydrogen) atoms. The number of likely N-dealkylation sites (tertiary alicyclic amines) is 1. The van der Waals surface area contributed by atoms with Gasteiger partial charge in [0.1, 0.15) is 5.75 Å². The van der Waals surface area contributed by atoms with E-state index in [0.717, 1.165) is 68.2 Å². The summed E-state index contributed by atoms with van der Waals surface area (Å²) in [5.74, 6) is 0.982. The molecule has 0 spiro atoms. The fourth-order valence-corrected chi connectivity index (χ4v) is 7.04. The number of rotatable bonds is 7. The molecule has 2 aliphatic rings. The molecular weight excluding hydrogens is 504 g/mol. The number of nitrogens with one attached hydrogen (secondary N) is 2. The minimum absolute atomic E-state index is 0.0670. The van der Waals surface area contributed by atoms with Gasteiger partial charge in [0, 0.05) is 46.8 Å². The predicted octanol–water partition coefficient (Wildman–Crippen LogP) is 5.26. The molecule has 3 heterocycles. The van der Waals surface area contributed by atoms with Gasteiger partial charge in [0.05, 0.1) is 24.8 Å². The van der Waals surface area contributed by atoms with Gasteiger partial charge in [-0.2, -0.15) is 0 Å². The van der Waals surface area contributed by atoms with E-state index in [4.69, 9.17) is 4.74 Å². The van der Waals surface area contributed by atoms with Gasteiger partial charge in [-0.25, -0.2) is 0 Å². The quantitative estimate of drug-likeness (QED) is 0.422. The third-order valence-corrected chi connectivity index (χ3v) is 9.40. The average Bonchev–Trinajstić information content (AvgIpc) is 3.52. The first-order valence-corrected chi connectivity index (χ1v) is 14.6. The Hall–Kier alpha value is -3.55. The Balaban J connectivity index is 1.35. The normalized spacial score (nSPS) is 18.2. The molecule has 1 aromatic carbocycles. The highest BCUT2D eigenvalue weighted by Gasteiger charge is 2.40. The highest BCUT2D eigenvalue weighted by Crippen LogP contribution is 2.41. The largest absolute Gasteiger partial charge is 0.496 e. The number of fused-ring (bicyclic) bond motifs is 1. The Morgan fingerprint density at radius 1 is 1.15 bits per heavy atom. The van der Waals surface area contributed by atoms with Gasteiger partial charge < -0.3 is 24.5 Å². The second-order valence-electron chi connectivity index (χ2n) is 12.0. The fraction of sp³-hybridized carbons (Fsp3) is 0.531. The summed E-state index contributed by atoms with van der Waals surface area (Å²) in [6, 6.07) is 9.95. The number of ether oxygens (including phenoxy) is 1. The van der Waals surface area contributed by atoms with Crippen LogP contribution in [0.4, 0.5) is 0 Å². The van der Waals surface area contributed by atoms with Gasteiger partial charge >= 0.3 is 0 Å². The summed E-state index contributed by atoms with van der Waals surface area (Å²) in [6.07, 6.45) is 6.22. The molecule has 214 valence electrons. The van der Waals surface area contributed by atoms with Gasteiger partial charge in [-0.3, -0.25) is 14.4 Å². The van der Waals surface area contributed by atoms with Crippen molar-refractivity contribution in [3.63, 3.8) is 0 Å². The van der Waals surface area contributed by atoms with Crippen LogP contribution in [0.3, 0.4) is 0 Å². The van der Waals surface area contributed by atoms with E-state index in [1.54, 1.807) is 13.0 Å². The molecule has 1 saturated heterocycles. The number of hydrogen-bond acceptors (Lipinski definition) is 4. The third-order valence-electron chi connectivity index (χ3n) is 9.40. The van der Waals surface area contributed by atoms with E-state index in [2.05, 4.69) is 39.7 Å². The molecule has 8 nitrogen and oxygen atoms in total. The lowest BCUT2D eigenvalue weighted by Crippen LogP contribution is -2.46. The number of aromatic nitrogens is 2. The molecule has 1 atom stereocenters. The lowest BCUT2D eigenvalue weighted by molar-refractivity contribution is -0.142. The molecular formula is C32H42N4O4. The van der Waals surface area contributed by atoms with Crippen LogP contribution in [-0.2, 0) is 11.3 Å². The summed E-state index contributed by atoms with van der Waals surface area (Å²) < 4.78 is 7.69. The first-order chi connectivity index (χ1) is 19.1. The van der Waals surface area contributed by atoms with Gasteiger partial charge in [0.25, 0.3) is 11.5 Å². The Labute approximate surface area is 236 Å². The number of para-hydroxylation sites is 1. The number of nitrogens with zero attached hydrogens (tertiary/aromatic N) is 2. The zero-order valence-electron chi connectivity index (χ0n) is 24.4. The van der Waals surface area contributed by atoms with Crippen molar-refractivity contribution in [2.24, 2.45) is 11.3 Å². The van der Waals surface area contributed by atoms with Crippen molar-refractivity contribution in [1.82, 2.24) is 19.8 Å². The zero-order valence-corrected chi connectivity index (χ0v) is 24.4. The van der Waals surface area contributed by atoms with Crippen LogP contribution >= 0.6 is 0 Å². The summed E-state index contributed by atoms with van der Waals surface area (Å²) in [6.45, 7) is 9.83. The maximum atomic E-state index is 13.6. The lowest BCUT2D eigenvalue weighted by Gasteiger charge is -2.39. The molecule has 2 fully saturated rings. The van der Waals surface area contributed by atoms with E-state index in [9.17, 15) is 14.4 Å². The van der Waals surface area contributed by atoms with Crippen LogP contribution in [0.2, 0.25) is 0 Å². The molecule has 1 aliphatic carbocycles. The van der Waals surface area contributed by atoms with Crippen molar-refractivity contribution in [2.45, 2.75) is 78.8 Å². The number of benzene rings is 1. The topological polar surface area (TPSA) is 96.4 Å². The highest BCUT2D eigenvalue weighted by molar-refractivity contribution is 6.08. The van der Waals surface area contributed by atoms with Gasteiger partial charge in [0.15, 0.2) is 0 Å². The van der Waals surface area contributed by atoms with E-state index >= 15 is 0 Å². The van der Waals surface area contributed by atoms with Crippen molar-refractivity contribution in [3.8, 4) is 5.75 Å². The van der Waals surface area contributed by atoms with E-state index in [-0.39, 0.29) is 29.5 Å². The maximum absolute atomic E-state index is 13.6. The zero-order chi connectivity index (χ0) is 28.6. The van der Waals surface area contributed by atoms with Gasteiger partial charge in [-0.05, 0) is 64.5 Å². The number of amides is 2. The molecule has 8 heteroatoms. The van der Waals surface area contributed by atoms with Crippen LogP contribution in [0.1, 0.15) is 85.7 Å². The minimum Gasteiger partial charge on any atom is -0.496 e. The van der Waals surface area contributed by atoms with E-state index in [1.165, 1.54) is 7.11 Å². The Bertz CT molecular complexity index is 1470. The number of hydrogen-bond donors (Lipinski definition) is 2. The molecule has 0 radical (unpaired) electrons. The number of H-pyrrole nitrogens is 1. The fourth-order valence-electron chi connectivity index (χ4n) is 7.04. The van der Waals surface area contributed by atoms with Crippen LogP contribution in [0.5, 0.6) is 5.75 Å². The van der Waals surface area contributed by atoms with Crippen molar-refractivity contribution in [3.05, 3.63) is 63.2 Å². The molecule has 1 aliphatic heterocycles. The SMILES string of the molecule is COc1cc(C)[nH]c(=O)c1CNC(=O)c1c(C)n(C(C)C2CCN(C(=O)C3(C)CCCC3)CC2)c2ccccc12. The Kier molecular flexibility index (Phi) is 7.80. The van der Waals surface area contributed by atoms with Crippen molar-refractivity contribution in [2.75, 3.05) is 20.2 Å². The van der Waals surface area contributed by atoms with Crippen molar-refractivity contribution >= 4 is 22.7 Å². The van der Waals surface area contributed by atoms with Crippen LogP contribution in [-0.4, -0.2) is 46.5 Å². The van der Waals surface area contributed by atoms with E-state index in [1.807, 2.05) is 25.1 Å². The highest BCUT2D eigenvalue weighted by atomic mass is 16.5. The summed E-state index contributed by atoms with van der Waals surface area (Å²) in [5, 5.41) is 3.87.